The second-order valence-electron chi connectivity index (χ2n) is 16.6. The van der Waals surface area contributed by atoms with E-state index in [0.717, 1.165) is 53.5 Å². The van der Waals surface area contributed by atoms with Crippen LogP contribution in [-0.2, 0) is 36.7 Å². The summed E-state index contributed by atoms with van der Waals surface area (Å²) in [5.74, 6) is 1.35. The van der Waals surface area contributed by atoms with Gasteiger partial charge in [-0.15, -0.1) is 0 Å². The van der Waals surface area contributed by atoms with E-state index in [1.807, 2.05) is 77.9 Å². The van der Waals surface area contributed by atoms with Crippen LogP contribution >= 0.6 is 0 Å². The number of ether oxygens (including phenoxy) is 4. The van der Waals surface area contributed by atoms with Gasteiger partial charge < -0.3 is 43.5 Å². The molecule has 4 aliphatic heterocycles. The number of aromatic amines is 1. The molecule has 0 unspecified atom stereocenters. The molecule has 292 valence electrons. The van der Waals surface area contributed by atoms with Crippen molar-refractivity contribution in [2.24, 2.45) is 5.92 Å². The van der Waals surface area contributed by atoms with Gasteiger partial charge in [-0.3, -0.25) is 9.69 Å². The van der Waals surface area contributed by atoms with Crippen molar-refractivity contribution in [3.63, 3.8) is 0 Å². The number of carbonyl (C=O) groups excluding carboxylic acids is 3. The number of benzene rings is 2. The Morgan fingerprint density at radius 2 is 1.67 bits per heavy atom. The summed E-state index contributed by atoms with van der Waals surface area (Å²) in [4.78, 5) is 52.6. The van der Waals surface area contributed by atoms with Crippen LogP contribution in [0.3, 0.4) is 0 Å². The Morgan fingerprint density at radius 3 is 2.38 bits per heavy atom. The zero-order valence-corrected chi connectivity index (χ0v) is 32.4. The minimum atomic E-state index is -0.861. The van der Waals surface area contributed by atoms with Gasteiger partial charge in [0.15, 0.2) is 11.5 Å². The number of aromatic nitrogens is 2. The van der Waals surface area contributed by atoms with Crippen LogP contribution in [0.5, 0.6) is 11.5 Å². The van der Waals surface area contributed by atoms with Crippen molar-refractivity contribution in [3.05, 3.63) is 59.5 Å². The van der Waals surface area contributed by atoms with Crippen LogP contribution in [0.1, 0.15) is 96.6 Å². The predicted molar refractivity (Wildman–Crippen MR) is 201 cm³/mol. The van der Waals surface area contributed by atoms with E-state index in [0.29, 0.717) is 36.8 Å². The fourth-order valence-corrected chi connectivity index (χ4v) is 8.04. The van der Waals surface area contributed by atoms with Gasteiger partial charge in [0.2, 0.25) is 12.7 Å². The van der Waals surface area contributed by atoms with E-state index >= 15 is 0 Å². The first-order chi connectivity index (χ1) is 26.3. The number of imidazole rings is 1. The Hall–Kier alpha value is -4.76. The standard InChI is InChI=1S/C40H50BN5O9/c1-23(2)33(44-37(48)52-27-9-7-8-10-27)36(47)46-20-28(53-38(49)45-19-25-13-16-32-34(29(25)21-45)51-22-50-32)17-31(46)35-42-18-30(43-35)24-11-14-26(15-12-24)41-54-39(3,4)40(5,6)55-41/h11-16,18,23,27-28,31,33H,7-10,17,19-22H2,1-6H3,(H,42,43)(H,44,48)/t28-,31+,33+/m1/s1. The number of hydrogen-bond acceptors (Lipinski definition) is 10. The molecule has 3 atom stereocenters. The molecule has 1 saturated carbocycles. The van der Waals surface area contributed by atoms with Gasteiger partial charge >= 0.3 is 19.3 Å². The summed E-state index contributed by atoms with van der Waals surface area (Å²) in [5.41, 5.74) is 3.55. The van der Waals surface area contributed by atoms with Crippen molar-refractivity contribution >= 4 is 30.7 Å². The molecular formula is C40H50BN5O9. The molecule has 2 saturated heterocycles. The molecule has 14 nitrogen and oxygen atoms in total. The van der Waals surface area contributed by atoms with Gasteiger partial charge in [-0.2, -0.15) is 0 Å². The van der Waals surface area contributed by atoms with E-state index in [1.165, 1.54) is 0 Å². The Labute approximate surface area is 321 Å². The number of hydrogen-bond donors (Lipinski definition) is 2. The summed E-state index contributed by atoms with van der Waals surface area (Å²) >= 11 is 0. The number of carbonyl (C=O) groups is 3. The minimum absolute atomic E-state index is 0.129. The lowest BCUT2D eigenvalue weighted by molar-refractivity contribution is -0.136. The fourth-order valence-electron chi connectivity index (χ4n) is 8.04. The van der Waals surface area contributed by atoms with Crippen LogP contribution in [0.4, 0.5) is 9.59 Å². The number of amides is 3. The van der Waals surface area contributed by atoms with Crippen molar-refractivity contribution in [2.45, 2.75) is 122 Å². The monoisotopic (exact) mass is 755 g/mol. The van der Waals surface area contributed by atoms with Gasteiger partial charge in [0.25, 0.3) is 0 Å². The molecule has 2 N–H and O–H groups in total. The van der Waals surface area contributed by atoms with Gasteiger partial charge in [0.1, 0.15) is 24.1 Å². The number of rotatable bonds is 8. The molecular weight excluding hydrogens is 705 g/mol. The Morgan fingerprint density at radius 1 is 0.945 bits per heavy atom. The highest BCUT2D eigenvalue weighted by atomic mass is 16.7. The van der Waals surface area contributed by atoms with Gasteiger partial charge in [-0.1, -0.05) is 44.2 Å². The summed E-state index contributed by atoms with van der Waals surface area (Å²) in [5, 5.41) is 2.85. The van der Waals surface area contributed by atoms with Crippen molar-refractivity contribution in [1.29, 1.82) is 0 Å². The van der Waals surface area contributed by atoms with Crippen LogP contribution in [-0.4, -0.2) is 87.8 Å². The maximum atomic E-state index is 14.4. The first-order valence-corrected chi connectivity index (χ1v) is 19.4. The second-order valence-corrected chi connectivity index (χ2v) is 16.6. The molecule has 15 heteroatoms. The smallest absolute Gasteiger partial charge is 0.454 e. The molecule has 1 aromatic heterocycles. The normalized spacial score (nSPS) is 23.0. The van der Waals surface area contributed by atoms with E-state index in [9.17, 15) is 14.4 Å². The molecule has 55 heavy (non-hydrogen) atoms. The van der Waals surface area contributed by atoms with Gasteiger partial charge in [-0.25, -0.2) is 14.6 Å². The minimum Gasteiger partial charge on any atom is -0.454 e. The molecule has 5 aliphatic rings. The quantitative estimate of drug-likeness (QED) is 0.278. The second kappa shape index (κ2) is 14.4. The SMILES string of the molecule is CC(C)[C@H](NC(=O)OC1CCCC1)C(=O)N1C[C@H](OC(=O)N2Cc3ccc4c(c3C2)OCO4)C[C@H]1c1ncc(-c2ccc(B3OC(C)(C)C(C)(C)O3)cc2)[nH]1. The summed E-state index contributed by atoms with van der Waals surface area (Å²) in [6, 6.07) is 10.3. The topological polar surface area (TPSA) is 154 Å². The van der Waals surface area contributed by atoms with Gasteiger partial charge in [0, 0.05) is 18.5 Å². The number of fused-ring (bicyclic) bond motifs is 3. The van der Waals surface area contributed by atoms with E-state index < -0.39 is 48.7 Å². The van der Waals surface area contributed by atoms with E-state index in [2.05, 4.69) is 10.3 Å². The molecule has 0 radical (unpaired) electrons. The molecule has 5 heterocycles. The van der Waals surface area contributed by atoms with Crippen LogP contribution in [0.25, 0.3) is 11.3 Å². The summed E-state index contributed by atoms with van der Waals surface area (Å²) in [6.45, 7) is 12.9. The first-order valence-electron chi connectivity index (χ1n) is 19.4. The van der Waals surface area contributed by atoms with Crippen molar-refractivity contribution in [1.82, 2.24) is 25.1 Å². The van der Waals surface area contributed by atoms with Crippen LogP contribution in [0.2, 0.25) is 0 Å². The number of nitrogens with one attached hydrogen (secondary N) is 2. The number of H-pyrrole nitrogens is 1. The zero-order chi connectivity index (χ0) is 38.6. The largest absolute Gasteiger partial charge is 0.494 e. The highest BCUT2D eigenvalue weighted by Crippen LogP contribution is 2.42. The maximum absolute atomic E-state index is 14.4. The molecule has 2 aromatic carbocycles. The zero-order valence-electron chi connectivity index (χ0n) is 32.4. The van der Waals surface area contributed by atoms with E-state index in [1.54, 1.807) is 16.0 Å². The summed E-state index contributed by atoms with van der Waals surface area (Å²) < 4.78 is 35.5. The van der Waals surface area contributed by atoms with Crippen molar-refractivity contribution < 1.29 is 42.6 Å². The average molecular weight is 756 g/mol. The Balaban J connectivity index is 1.00. The van der Waals surface area contributed by atoms with Crippen LogP contribution < -0.4 is 20.3 Å². The van der Waals surface area contributed by atoms with Gasteiger partial charge in [-0.05, 0) is 82.0 Å². The van der Waals surface area contributed by atoms with Crippen molar-refractivity contribution in [3.8, 4) is 22.8 Å². The van der Waals surface area contributed by atoms with Crippen molar-refractivity contribution in [2.75, 3.05) is 13.3 Å². The fraction of sp³-hybridized carbons (Fsp3) is 0.550. The average Bonchev–Trinajstić information content (AvgIpc) is 3.99. The molecule has 3 aromatic rings. The highest BCUT2D eigenvalue weighted by Gasteiger charge is 2.52. The van der Waals surface area contributed by atoms with Crippen LogP contribution in [0, 0.1) is 5.92 Å². The maximum Gasteiger partial charge on any atom is 0.494 e. The highest BCUT2D eigenvalue weighted by molar-refractivity contribution is 6.62. The molecule has 8 rings (SSSR count). The number of likely N-dealkylation sites (tertiary alicyclic amines) is 1. The molecule has 3 amide bonds. The molecule has 3 fully saturated rings. The van der Waals surface area contributed by atoms with Crippen LogP contribution in [0.15, 0.2) is 42.6 Å². The Bertz CT molecular complexity index is 1930. The van der Waals surface area contributed by atoms with E-state index in [-0.39, 0.29) is 31.3 Å². The third-order valence-electron chi connectivity index (χ3n) is 12.0. The molecule has 1 aliphatic carbocycles. The predicted octanol–water partition coefficient (Wildman–Crippen LogP) is 5.59. The first kappa shape index (κ1) is 37.2. The molecule has 0 spiro atoms. The summed E-state index contributed by atoms with van der Waals surface area (Å²) in [6.07, 6.45) is 3.88. The molecule has 0 bridgehead atoms. The summed E-state index contributed by atoms with van der Waals surface area (Å²) in [7, 11) is -0.482. The third kappa shape index (κ3) is 7.24. The third-order valence-corrected chi connectivity index (χ3v) is 12.0. The Kier molecular flexibility index (Phi) is 9.73. The number of nitrogens with zero attached hydrogens (tertiary/aromatic N) is 3. The number of alkyl carbamates (subject to hydrolysis) is 1. The lowest BCUT2D eigenvalue weighted by atomic mass is 9.79. The van der Waals surface area contributed by atoms with Gasteiger partial charge in [0.05, 0.1) is 42.2 Å². The lowest BCUT2D eigenvalue weighted by Crippen LogP contribution is -2.52. The van der Waals surface area contributed by atoms with E-state index in [4.69, 9.17) is 33.2 Å². The lowest BCUT2D eigenvalue weighted by Gasteiger charge is -2.32.